The van der Waals surface area contributed by atoms with E-state index in [0.29, 0.717) is 29.4 Å². The first kappa shape index (κ1) is 35.3. The molecule has 0 bridgehead atoms. The third-order valence-corrected chi connectivity index (χ3v) is 7.32. The Kier molecular flexibility index (Phi) is 11.7. The molecule has 1 unspecified atom stereocenters. The average Bonchev–Trinajstić information content (AvgIpc) is 3.00. The number of nitrogens with two attached hydrogens (primary N) is 1. The number of amides is 2. The molecule has 2 amide bonds. The third kappa shape index (κ3) is 9.92. The van der Waals surface area contributed by atoms with Crippen molar-refractivity contribution in [2.45, 2.75) is 44.0 Å². The van der Waals surface area contributed by atoms with Crippen molar-refractivity contribution in [3.8, 4) is 11.5 Å². The zero-order valence-corrected chi connectivity index (χ0v) is 25.7. The Bertz CT molecular complexity index is 1820. The molecule has 1 aromatic heterocycles. The van der Waals surface area contributed by atoms with Crippen LogP contribution in [0.4, 0.5) is 18.9 Å². The van der Waals surface area contributed by atoms with Gasteiger partial charge in [0.2, 0.25) is 12.2 Å². The highest BCUT2D eigenvalue weighted by Crippen LogP contribution is 2.33. The summed E-state index contributed by atoms with van der Waals surface area (Å²) in [6.45, 7) is 5.94. The van der Waals surface area contributed by atoms with E-state index in [2.05, 4.69) is 15.0 Å². The third-order valence-electron chi connectivity index (χ3n) is 5.97. The first-order valence-electron chi connectivity index (χ1n) is 13.7. The Hall–Kier alpha value is -5.18. The minimum Gasteiger partial charge on any atom is -0.490 e. The van der Waals surface area contributed by atoms with Gasteiger partial charge in [0.15, 0.2) is 11.5 Å². The van der Waals surface area contributed by atoms with E-state index in [1.807, 2.05) is 39.0 Å². The number of carbonyl (C=O) groups is 3. The number of benzene rings is 3. The molecule has 15 heteroatoms. The number of nitrogens with zero attached hydrogens (tertiary/aromatic N) is 1. The Morgan fingerprint density at radius 2 is 1.72 bits per heavy atom. The first-order chi connectivity index (χ1) is 21.6. The number of primary amides is 1. The number of sulfonamides is 1. The van der Waals surface area contributed by atoms with Gasteiger partial charge in [-0.15, -0.1) is 0 Å². The van der Waals surface area contributed by atoms with Gasteiger partial charge >= 0.3 is 6.18 Å². The first-order valence-corrected chi connectivity index (χ1v) is 15.1. The zero-order chi connectivity index (χ0) is 34.1. The van der Waals surface area contributed by atoms with Gasteiger partial charge in [0.05, 0.1) is 17.6 Å². The Morgan fingerprint density at radius 3 is 2.35 bits per heavy atom. The van der Waals surface area contributed by atoms with Crippen molar-refractivity contribution < 1.29 is 45.4 Å². The van der Waals surface area contributed by atoms with Crippen LogP contribution < -0.4 is 25.2 Å². The maximum atomic E-state index is 13.6. The zero-order valence-electron chi connectivity index (χ0n) is 24.9. The highest BCUT2D eigenvalue weighted by atomic mass is 32.2. The Morgan fingerprint density at radius 1 is 1.00 bits per heavy atom. The number of halogens is 3. The van der Waals surface area contributed by atoms with E-state index in [4.69, 9.17) is 20.0 Å². The van der Waals surface area contributed by atoms with E-state index in [-0.39, 0.29) is 16.6 Å². The average molecular weight is 661 g/mol. The fourth-order valence-electron chi connectivity index (χ4n) is 4.03. The molecule has 0 spiro atoms. The van der Waals surface area contributed by atoms with Crippen LogP contribution in [0.5, 0.6) is 11.5 Å². The van der Waals surface area contributed by atoms with Crippen molar-refractivity contribution in [2.75, 3.05) is 11.9 Å². The van der Waals surface area contributed by atoms with Crippen LogP contribution in [0.3, 0.4) is 0 Å². The highest BCUT2D eigenvalue weighted by Gasteiger charge is 2.28. The smallest absolute Gasteiger partial charge is 0.446 e. The summed E-state index contributed by atoms with van der Waals surface area (Å²) < 4.78 is 71.3. The molecule has 0 radical (unpaired) electrons. The van der Waals surface area contributed by atoms with Gasteiger partial charge in [-0.2, -0.15) is 13.2 Å². The summed E-state index contributed by atoms with van der Waals surface area (Å²) >= 11 is 0. The number of nitrogens with one attached hydrogen (secondary N) is 2. The Labute approximate surface area is 263 Å². The second-order valence-corrected chi connectivity index (χ2v) is 11.5. The summed E-state index contributed by atoms with van der Waals surface area (Å²) in [5, 5.41) is 4.94. The molecule has 0 aliphatic rings. The van der Waals surface area contributed by atoms with Crippen LogP contribution in [-0.4, -0.2) is 50.4 Å². The molecular weight excluding hydrogens is 629 g/mol. The normalized spacial score (nSPS) is 12.0. The van der Waals surface area contributed by atoms with E-state index in [0.717, 1.165) is 16.8 Å². The van der Waals surface area contributed by atoms with Crippen molar-refractivity contribution in [1.82, 2.24) is 9.71 Å². The summed E-state index contributed by atoms with van der Waals surface area (Å²) in [7, 11) is -4.35. The van der Waals surface area contributed by atoms with E-state index < -0.39 is 40.3 Å². The number of aldehydes is 1. The van der Waals surface area contributed by atoms with Crippen LogP contribution >= 0.6 is 0 Å². The number of fused-ring (bicyclic) bond motifs is 1. The predicted octanol–water partition coefficient (Wildman–Crippen LogP) is 4.93. The summed E-state index contributed by atoms with van der Waals surface area (Å²) in [5.74, 6) is -0.732. The van der Waals surface area contributed by atoms with Crippen molar-refractivity contribution in [3.05, 3.63) is 90.3 Å². The van der Waals surface area contributed by atoms with Crippen LogP contribution in [0, 0.1) is 0 Å². The van der Waals surface area contributed by atoms with E-state index in [1.165, 1.54) is 18.2 Å². The van der Waals surface area contributed by atoms with Crippen LogP contribution in [-0.2, 0) is 19.6 Å². The SMILES string of the molecule is CCOc1cc(C(Nc2ccc3cnccc3c2)C(=O)NS(=O)(=O)c2cccc(C(N)=O)c2)ccc1OC(C)C.O=CC(F)(F)F. The fraction of sp³-hybridized carbons (Fsp3) is 0.226. The van der Waals surface area contributed by atoms with Crippen molar-refractivity contribution in [3.63, 3.8) is 0 Å². The number of carbonyl (C=O) groups excluding carboxylic acids is 3. The summed E-state index contributed by atoms with van der Waals surface area (Å²) in [6.07, 6.45) is -2.44. The lowest BCUT2D eigenvalue weighted by Gasteiger charge is -2.22. The van der Waals surface area contributed by atoms with Gasteiger partial charge in [0, 0.05) is 29.0 Å². The second-order valence-electron chi connectivity index (χ2n) is 9.84. The van der Waals surface area contributed by atoms with Crippen molar-refractivity contribution in [2.24, 2.45) is 5.73 Å². The molecule has 0 aliphatic carbocycles. The summed E-state index contributed by atoms with van der Waals surface area (Å²) in [5.41, 5.74) is 6.31. The second kappa shape index (κ2) is 15.2. The number of anilines is 1. The number of aromatic nitrogens is 1. The molecule has 11 nitrogen and oxygen atoms in total. The number of hydrogen-bond acceptors (Lipinski definition) is 9. The lowest BCUT2D eigenvalue weighted by molar-refractivity contribution is -0.156. The van der Waals surface area contributed by atoms with Crippen LogP contribution in [0.25, 0.3) is 10.8 Å². The molecule has 4 rings (SSSR count). The monoisotopic (exact) mass is 660 g/mol. The minimum atomic E-state index is -4.64. The number of alkyl halides is 3. The number of hydrogen-bond donors (Lipinski definition) is 3. The molecule has 3 aromatic carbocycles. The predicted molar refractivity (Wildman–Crippen MR) is 164 cm³/mol. The molecule has 1 heterocycles. The summed E-state index contributed by atoms with van der Waals surface area (Å²) in [4.78, 5) is 37.7. The molecule has 4 aromatic rings. The topological polar surface area (TPSA) is 167 Å². The lowest BCUT2D eigenvalue weighted by atomic mass is 10.0. The standard InChI is InChI=1S/C29H30N4O6S.C2HF3O/c1-4-38-26-16-20(9-11-25(26)39-18(2)3)27(32-23-10-8-22-17-31-13-12-19(22)14-23)29(35)33-40(36,37)24-7-5-6-21(15-24)28(30)34;3-2(4,5)1-6/h5-18,27,32H,4H2,1-3H3,(H2,30,34)(H,33,35);1H. The van der Waals surface area contributed by atoms with Gasteiger partial charge in [-0.1, -0.05) is 18.2 Å². The molecule has 244 valence electrons. The number of rotatable bonds is 11. The Balaban J connectivity index is 0.000000875. The molecular formula is C31H31F3N4O7S. The molecule has 46 heavy (non-hydrogen) atoms. The van der Waals surface area contributed by atoms with Crippen molar-refractivity contribution >= 4 is 44.6 Å². The van der Waals surface area contributed by atoms with Crippen molar-refractivity contribution in [1.29, 1.82) is 0 Å². The largest absolute Gasteiger partial charge is 0.490 e. The van der Waals surface area contributed by atoms with Gasteiger partial charge in [-0.05, 0) is 80.3 Å². The maximum Gasteiger partial charge on any atom is 0.446 e. The maximum absolute atomic E-state index is 13.6. The van der Waals surface area contributed by atoms with Crippen LogP contribution in [0.2, 0.25) is 0 Å². The van der Waals surface area contributed by atoms with Gasteiger partial charge in [-0.25, -0.2) is 13.1 Å². The lowest BCUT2D eigenvalue weighted by Crippen LogP contribution is -2.37. The van der Waals surface area contributed by atoms with Gasteiger partial charge in [0.25, 0.3) is 15.9 Å². The number of pyridine rings is 1. The van der Waals surface area contributed by atoms with Crippen LogP contribution in [0.1, 0.15) is 42.7 Å². The van der Waals surface area contributed by atoms with E-state index in [1.54, 1.807) is 36.7 Å². The molecule has 4 N–H and O–H groups in total. The van der Waals surface area contributed by atoms with E-state index >= 15 is 0 Å². The molecule has 0 saturated heterocycles. The number of ether oxygens (including phenoxy) is 2. The van der Waals surface area contributed by atoms with Crippen LogP contribution in [0.15, 0.2) is 84.0 Å². The quantitative estimate of drug-likeness (QED) is 0.189. The van der Waals surface area contributed by atoms with E-state index in [9.17, 15) is 31.2 Å². The molecule has 0 aliphatic heterocycles. The molecule has 1 atom stereocenters. The fourth-order valence-corrected chi connectivity index (χ4v) is 5.07. The van der Waals surface area contributed by atoms with Gasteiger partial charge < -0.3 is 20.5 Å². The highest BCUT2D eigenvalue weighted by molar-refractivity contribution is 7.90. The van der Waals surface area contributed by atoms with Gasteiger partial charge in [0.1, 0.15) is 6.04 Å². The molecule has 0 saturated carbocycles. The van der Waals surface area contributed by atoms with Gasteiger partial charge in [-0.3, -0.25) is 19.4 Å². The molecule has 0 fully saturated rings. The summed E-state index contributed by atoms with van der Waals surface area (Å²) in [6, 6.07) is 16.3. The minimum absolute atomic E-state index is 0.00208.